The van der Waals surface area contributed by atoms with Gasteiger partial charge in [-0.1, -0.05) is 40.9 Å². The van der Waals surface area contributed by atoms with E-state index in [1.165, 1.54) is 11.3 Å². The number of aromatic nitrogens is 1. The van der Waals surface area contributed by atoms with E-state index >= 15 is 0 Å². The number of nitrogens with zero attached hydrogens (tertiary/aromatic N) is 1. The molecule has 0 aliphatic heterocycles. The number of hydrogen-bond acceptors (Lipinski definition) is 5. The van der Waals surface area contributed by atoms with Crippen molar-refractivity contribution in [3.63, 3.8) is 0 Å². The Morgan fingerprint density at radius 2 is 1.80 bits per heavy atom. The molecule has 2 N–H and O–H groups in total. The van der Waals surface area contributed by atoms with Crippen molar-refractivity contribution in [1.82, 2.24) is 9.82 Å². The van der Waals surface area contributed by atoms with Gasteiger partial charge < -0.3 is 0 Å². The minimum atomic E-state index is -3.68. The molecule has 1 aromatic heterocycles. The molecule has 0 bridgehead atoms. The molecule has 0 fully saturated rings. The van der Waals surface area contributed by atoms with Crippen LogP contribution in [0.2, 0.25) is 10.0 Å². The first-order valence-electron chi connectivity index (χ1n) is 7.10. The Kier molecular flexibility index (Phi) is 5.31. The van der Waals surface area contributed by atoms with Gasteiger partial charge in [0.05, 0.1) is 15.6 Å². The minimum Gasteiger partial charge on any atom is -0.283 e. The summed E-state index contributed by atoms with van der Waals surface area (Å²) in [7, 11) is -3.68. The van der Waals surface area contributed by atoms with Crippen LogP contribution in [0.15, 0.2) is 52.7 Å². The summed E-state index contributed by atoms with van der Waals surface area (Å²) in [5.74, 6) is 0. The average molecular weight is 414 g/mol. The van der Waals surface area contributed by atoms with Gasteiger partial charge in [-0.15, -0.1) is 16.2 Å². The number of halogens is 2. The Balaban J connectivity index is 1.74. The smallest absolute Gasteiger partial charge is 0.257 e. The van der Waals surface area contributed by atoms with E-state index in [1.54, 1.807) is 47.8 Å². The monoisotopic (exact) mass is 413 g/mol. The van der Waals surface area contributed by atoms with Crippen LogP contribution in [0, 0.1) is 6.92 Å². The third kappa shape index (κ3) is 4.31. The van der Waals surface area contributed by atoms with Crippen molar-refractivity contribution in [2.24, 2.45) is 0 Å². The van der Waals surface area contributed by atoms with E-state index in [1.807, 2.05) is 6.92 Å². The topological polar surface area (TPSA) is 71.1 Å². The number of rotatable bonds is 5. The van der Waals surface area contributed by atoms with Gasteiger partial charge in [0.15, 0.2) is 5.13 Å². The van der Waals surface area contributed by atoms with Gasteiger partial charge in [-0.2, -0.15) is 0 Å². The van der Waals surface area contributed by atoms with Gasteiger partial charge in [0.1, 0.15) is 0 Å². The summed E-state index contributed by atoms with van der Waals surface area (Å²) in [6, 6.07) is 11.7. The standard InChI is InChI=1S/C16H13Cl2N3O2S2/c1-10-2-5-12(6-3-10)25(22,23)21-20-16-19-15(9-24-16)13-7-4-11(17)8-14(13)18/h2-9,21H,1H3,(H,19,20). The van der Waals surface area contributed by atoms with Crippen LogP contribution in [0.1, 0.15) is 5.56 Å². The fourth-order valence-electron chi connectivity index (χ4n) is 2.04. The Morgan fingerprint density at radius 3 is 2.48 bits per heavy atom. The predicted octanol–water partition coefficient (Wildman–Crippen LogP) is 4.73. The molecule has 130 valence electrons. The van der Waals surface area contributed by atoms with Gasteiger partial charge in [-0.05, 0) is 37.3 Å². The molecule has 0 radical (unpaired) electrons. The third-order valence-electron chi connectivity index (χ3n) is 3.33. The summed E-state index contributed by atoms with van der Waals surface area (Å²) in [5, 5.41) is 3.19. The van der Waals surface area contributed by atoms with Crippen molar-refractivity contribution in [2.45, 2.75) is 11.8 Å². The molecular formula is C16H13Cl2N3O2S2. The molecule has 0 saturated heterocycles. The Hall–Kier alpha value is -1.64. The molecule has 9 heteroatoms. The second-order valence-corrected chi connectivity index (χ2v) is 8.59. The van der Waals surface area contributed by atoms with Crippen LogP contribution < -0.4 is 10.3 Å². The van der Waals surface area contributed by atoms with Gasteiger partial charge >= 0.3 is 0 Å². The highest BCUT2D eigenvalue weighted by Crippen LogP contribution is 2.32. The molecule has 5 nitrogen and oxygen atoms in total. The molecule has 0 spiro atoms. The molecule has 3 aromatic rings. The highest BCUT2D eigenvalue weighted by Gasteiger charge is 2.15. The average Bonchev–Trinajstić information content (AvgIpc) is 3.02. The van der Waals surface area contributed by atoms with Crippen molar-refractivity contribution < 1.29 is 8.42 Å². The van der Waals surface area contributed by atoms with Crippen LogP contribution >= 0.6 is 34.5 Å². The fourth-order valence-corrected chi connectivity index (χ4v) is 4.12. The molecule has 1 heterocycles. The van der Waals surface area contributed by atoms with Gasteiger partial charge in [-0.25, -0.2) is 13.4 Å². The first-order valence-corrected chi connectivity index (χ1v) is 10.2. The second-order valence-electron chi connectivity index (χ2n) is 5.21. The molecule has 25 heavy (non-hydrogen) atoms. The van der Waals surface area contributed by atoms with E-state index in [4.69, 9.17) is 23.2 Å². The van der Waals surface area contributed by atoms with Gasteiger partial charge in [0.2, 0.25) is 0 Å². The van der Waals surface area contributed by atoms with Crippen LogP contribution in [-0.4, -0.2) is 13.4 Å². The van der Waals surface area contributed by atoms with Crippen molar-refractivity contribution in [1.29, 1.82) is 0 Å². The molecule has 3 rings (SSSR count). The van der Waals surface area contributed by atoms with Crippen molar-refractivity contribution >= 4 is 49.7 Å². The maximum Gasteiger partial charge on any atom is 0.257 e. The normalized spacial score (nSPS) is 11.5. The van der Waals surface area contributed by atoms with Gasteiger partial charge in [0.25, 0.3) is 10.0 Å². The second kappa shape index (κ2) is 7.31. The van der Waals surface area contributed by atoms with Crippen LogP contribution in [-0.2, 0) is 10.0 Å². The summed E-state index contributed by atoms with van der Waals surface area (Å²) in [6.07, 6.45) is 0. The van der Waals surface area contributed by atoms with Crippen LogP contribution in [0.25, 0.3) is 11.3 Å². The molecular weight excluding hydrogens is 401 g/mol. The van der Waals surface area contributed by atoms with Crippen molar-refractivity contribution in [3.05, 3.63) is 63.5 Å². The Morgan fingerprint density at radius 1 is 1.08 bits per heavy atom. The predicted molar refractivity (Wildman–Crippen MR) is 103 cm³/mol. The lowest BCUT2D eigenvalue weighted by atomic mass is 10.2. The molecule has 0 aliphatic rings. The maximum absolute atomic E-state index is 12.3. The molecule has 2 aromatic carbocycles. The number of hydrazine groups is 1. The third-order valence-corrected chi connectivity index (χ3v) is 5.90. The summed E-state index contributed by atoms with van der Waals surface area (Å²) < 4.78 is 24.5. The zero-order chi connectivity index (χ0) is 18.0. The number of sulfonamides is 1. The van der Waals surface area contributed by atoms with E-state index in [2.05, 4.69) is 15.2 Å². The van der Waals surface area contributed by atoms with E-state index in [0.717, 1.165) is 11.1 Å². The number of benzene rings is 2. The SMILES string of the molecule is Cc1ccc(S(=O)(=O)NNc2nc(-c3ccc(Cl)cc3Cl)cs2)cc1. The molecule has 0 aliphatic carbocycles. The van der Waals surface area contributed by atoms with Crippen LogP contribution in [0.4, 0.5) is 5.13 Å². The van der Waals surface area contributed by atoms with E-state index in [0.29, 0.717) is 20.9 Å². The van der Waals surface area contributed by atoms with E-state index in [-0.39, 0.29) is 4.90 Å². The van der Waals surface area contributed by atoms with Crippen LogP contribution in [0.5, 0.6) is 0 Å². The molecule has 0 atom stereocenters. The first-order chi connectivity index (χ1) is 11.8. The number of aryl methyl sites for hydroxylation is 1. The number of hydrogen-bond donors (Lipinski definition) is 2. The quantitative estimate of drug-likeness (QED) is 0.592. The molecule has 0 saturated carbocycles. The highest BCUT2D eigenvalue weighted by atomic mass is 35.5. The number of nitrogens with one attached hydrogen (secondary N) is 2. The zero-order valence-electron chi connectivity index (χ0n) is 13.0. The Bertz CT molecular complexity index is 1000. The lowest BCUT2D eigenvalue weighted by Crippen LogP contribution is -2.29. The number of anilines is 1. The van der Waals surface area contributed by atoms with E-state index < -0.39 is 10.0 Å². The summed E-state index contributed by atoms with van der Waals surface area (Å²) in [5.41, 5.74) is 4.95. The number of thiazole rings is 1. The highest BCUT2D eigenvalue weighted by molar-refractivity contribution is 7.89. The first kappa shape index (κ1) is 18.2. The summed E-state index contributed by atoms with van der Waals surface area (Å²) in [4.78, 5) is 6.82. The fraction of sp³-hybridized carbons (Fsp3) is 0.0625. The Labute approximate surface area is 159 Å². The van der Waals surface area contributed by atoms with Gasteiger partial charge in [0, 0.05) is 16.0 Å². The largest absolute Gasteiger partial charge is 0.283 e. The summed E-state index contributed by atoms with van der Waals surface area (Å²) in [6.45, 7) is 1.89. The van der Waals surface area contributed by atoms with Crippen LogP contribution in [0.3, 0.4) is 0 Å². The molecule has 0 unspecified atom stereocenters. The van der Waals surface area contributed by atoms with Crippen molar-refractivity contribution in [3.8, 4) is 11.3 Å². The molecule has 0 amide bonds. The maximum atomic E-state index is 12.3. The van der Waals surface area contributed by atoms with Gasteiger partial charge in [-0.3, -0.25) is 5.43 Å². The zero-order valence-corrected chi connectivity index (χ0v) is 16.1. The van der Waals surface area contributed by atoms with Crippen molar-refractivity contribution in [2.75, 3.05) is 5.43 Å². The minimum absolute atomic E-state index is 0.170. The summed E-state index contributed by atoms with van der Waals surface area (Å²) >= 11 is 13.3. The lowest BCUT2D eigenvalue weighted by Gasteiger charge is -2.07. The van der Waals surface area contributed by atoms with E-state index in [9.17, 15) is 8.42 Å². The lowest BCUT2D eigenvalue weighted by molar-refractivity contribution is 0.587.